The van der Waals surface area contributed by atoms with Gasteiger partial charge in [-0.05, 0) is 30.3 Å². The van der Waals surface area contributed by atoms with E-state index >= 15 is 0 Å². The van der Waals surface area contributed by atoms with Crippen molar-refractivity contribution in [2.24, 2.45) is 0 Å². The Kier molecular flexibility index (Phi) is 3.39. The number of carbonyl (C=O) groups is 3. The Morgan fingerprint density at radius 3 is 2.56 bits per heavy atom. The van der Waals surface area contributed by atoms with E-state index in [0.717, 1.165) is 5.69 Å². The Labute approximate surface area is 142 Å². The van der Waals surface area contributed by atoms with Gasteiger partial charge in [-0.25, -0.2) is 4.68 Å². The van der Waals surface area contributed by atoms with Crippen molar-refractivity contribution in [3.05, 3.63) is 77.6 Å². The number of amides is 3. The van der Waals surface area contributed by atoms with Crippen LogP contribution in [-0.2, 0) is 0 Å². The van der Waals surface area contributed by atoms with E-state index in [9.17, 15) is 14.4 Å². The molecule has 0 bridgehead atoms. The molecular weight excluding hydrogens is 320 g/mol. The molecule has 7 heteroatoms. The maximum atomic E-state index is 12.4. The Morgan fingerprint density at radius 1 is 1.00 bits per heavy atom. The number of benzene rings is 2. The molecule has 1 aliphatic heterocycles. The van der Waals surface area contributed by atoms with Gasteiger partial charge in [-0.1, -0.05) is 18.2 Å². The molecule has 0 aliphatic carbocycles. The zero-order valence-corrected chi connectivity index (χ0v) is 12.9. The summed E-state index contributed by atoms with van der Waals surface area (Å²) < 4.78 is 1.64. The van der Waals surface area contributed by atoms with Crippen LogP contribution in [0.2, 0.25) is 0 Å². The summed E-state index contributed by atoms with van der Waals surface area (Å²) in [5, 5.41) is 9.13. The van der Waals surface area contributed by atoms with Gasteiger partial charge >= 0.3 is 0 Å². The fraction of sp³-hybridized carbons (Fsp3) is 0. The summed E-state index contributed by atoms with van der Waals surface area (Å²) in [5.41, 5.74) is 2.16. The molecule has 3 amide bonds. The molecule has 4 rings (SSSR count). The van der Waals surface area contributed by atoms with Crippen molar-refractivity contribution in [1.29, 1.82) is 0 Å². The first-order chi connectivity index (χ1) is 12.1. The van der Waals surface area contributed by atoms with E-state index in [1.54, 1.807) is 10.9 Å². The lowest BCUT2D eigenvalue weighted by atomic mass is 10.1. The number of anilines is 1. The maximum Gasteiger partial charge on any atom is 0.258 e. The molecule has 1 aromatic heterocycles. The van der Waals surface area contributed by atoms with Crippen molar-refractivity contribution in [2.75, 3.05) is 5.32 Å². The highest BCUT2D eigenvalue weighted by atomic mass is 16.2. The average molecular weight is 332 g/mol. The summed E-state index contributed by atoms with van der Waals surface area (Å²) in [7, 11) is 0. The molecule has 0 saturated heterocycles. The molecule has 1 aliphatic rings. The fourth-order valence-electron chi connectivity index (χ4n) is 2.62. The van der Waals surface area contributed by atoms with Gasteiger partial charge < -0.3 is 5.32 Å². The molecule has 3 aromatic rings. The highest BCUT2D eigenvalue weighted by molar-refractivity contribution is 6.22. The largest absolute Gasteiger partial charge is 0.319 e. The standard InChI is InChI=1S/C18H12N4O3/c23-16(11-6-7-14-15(8-11)18(25)21-17(14)24)20-12-9-19-22(10-12)13-4-2-1-3-5-13/h1-10H,(H,20,23)(H,21,24,25). The molecule has 2 N–H and O–H groups in total. The van der Waals surface area contributed by atoms with E-state index in [1.165, 1.54) is 24.4 Å². The number of rotatable bonds is 3. The monoisotopic (exact) mass is 332 g/mol. The van der Waals surface area contributed by atoms with Crippen molar-refractivity contribution in [1.82, 2.24) is 15.1 Å². The predicted molar refractivity (Wildman–Crippen MR) is 89.8 cm³/mol. The number of carbonyl (C=O) groups excluding carboxylic acids is 3. The molecular formula is C18H12N4O3. The lowest BCUT2D eigenvalue weighted by Crippen LogP contribution is -2.19. The van der Waals surface area contributed by atoms with Crippen LogP contribution >= 0.6 is 0 Å². The topological polar surface area (TPSA) is 93.1 Å². The highest BCUT2D eigenvalue weighted by Gasteiger charge is 2.27. The van der Waals surface area contributed by atoms with Crippen LogP contribution in [0.1, 0.15) is 31.1 Å². The second-order valence-corrected chi connectivity index (χ2v) is 5.51. The Morgan fingerprint density at radius 2 is 1.76 bits per heavy atom. The maximum absolute atomic E-state index is 12.4. The van der Waals surface area contributed by atoms with Crippen molar-refractivity contribution >= 4 is 23.4 Å². The van der Waals surface area contributed by atoms with Gasteiger partial charge in [0.2, 0.25) is 0 Å². The van der Waals surface area contributed by atoms with Gasteiger partial charge in [0.1, 0.15) is 0 Å². The number of nitrogens with one attached hydrogen (secondary N) is 2. The van der Waals surface area contributed by atoms with Crippen LogP contribution in [0.4, 0.5) is 5.69 Å². The predicted octanol–water partition coefficient (Wildman–Crippen LogP) is 2.01. The van der Waals surface area contributed by atoms with E-state index in [0.29, 0.717) is 5.69 Å². The third kappa shape index (κ3) is 2.67. The Balaban J connectivity index is 1.55. The van der Waals surface area contributed by atoms with Gasteiger partial charge in [-0.2, -0.15) is 5.10 Å². The molecule has 0 atom stereocenters. The molecule has 0 fully saturated rings. The molecule has 122 valence electrons. The minimum Gasteiger partial charge on any atom is -0.319 e. The van der Waals surface area contributed by atoms with Crippen LogP contribution in [0.5, 0.6) is 0 Å². The van der Waals surface area contributed by atoms with Crippen LogP contribution in [0.3, 0.4) is 0 Å². The summed E-state index contributed by atoms with van der Waals surface area (Å²) in [6, 6.07) is 13.9. The molecule has 0 spiro atoms. The second-order valence-electron chi connectivity index (χ2n) is 5.51. The van der Waals surface area contributed by atoms with Crippen LogP contribution in [0.25, 0.3) is 5.69 Å². The van der Waals surface area contributed by atoms with E-state index in [4.69, 9.17) is 0 Å². The van der Waals surface area contributed by atoms with Crippen molar-refractivity contribution in [2.45, 2.75) is 0 Å². The van der Waals surface area contributed by atoms with Crippen molar-refractivity contribution in [3.8, 4) is 5.69 Å². The highest BCUT2D eigenvalue weighted by Crippen LogP contribution is 2.19. The summed E-state index contributed by atoms with van der Waals surface area (Å²) in [5.74, 6) is -1.33. The summed E-state index contributed by atoms with van der Waals surface area (Å²) in [6.45, 7) is 0. The number of nitrogens with zero attached hydrogens (tertiary/aromatic N) is 2. The van der Waals surface area contributed by atoms with Crippen LogP contribution in [0.15, 0.2) is 60.9 Å². The Hall–Kier alpha value is -3.74. The van der Waals surface area contributed by atoms with Crippen LogP contribution in [0, 0.1) is 0 Å². The lowest BCUT2D eigenvalue weighted by Gasteiger charge is -2.04. The number of hydrogen-bond acceptors (Lipinski definition) is 4. The van der Waals surface area contributed by atoms with Gasteiger partial charge in [0.25, 0.3) is 17.7 Å². The van der Waals surface area contributed by atoms with E-state index in [-0.39, 0.29) is 22.6 Å². The molecule has 2 aromatic carbocycles. The van der Waals surface area contributed by atoms with Crippen molar-refractivity contribution in [3.63, 3.8) is 0 Å². The van der Waals surface area contributed by atoms with Gasteiger partial charge in [0.05, 0.1) is 34.9 Å². The van der Waals surface area contributed by atoms with E-state index < -0.39 is 11.8 Å². The number of hydrogen-bond donors (Lipinski definition) is 2. The molecule has 7 nitrogen and oxygen atoms in total. The van der Waals surface area contributed by atoms with Crippen LogP contribution in [-0.4, -0.2) is 27.5 Å². The molecule has 25 heavy (non-hydrogen) atoms. The van der Waals surface area contributed by atoms with Gasteiger partial charge in [-0.15, -0.1) is 0 Å². The van der Waals surface area contributed by atoms with Gasteiger partial charge in [0.15, 0.2) is 0 Å². The molecule has 0 saturated carbocycles. The smallest absolute Gasteiger partial charge is 0.258 e. The van der Waals surface area contributed by atoms with E-state index in [2.05, 4.69) is 15.7 Å². The summed E-state index contributed by atoms with van der Waals surface area (Å²) >= 11 is 0. The first-order valence-corrected chi connectivity index (χ1v) is 7.53. The third-order valence-electron chi connectivity index (χ3n) is 3.86. The third-order valence-corrected chi connectivity index (χ3v) is 3.86. The normalized spacial score (nSPS) is 12.6. The first kappa shape index (κ1) is 14.8. The van der Waals surface area contributed by atoms with Crippen molar-refractivity contribution < 1.29 is 14.4 Å². The molecule has 0 radical (unpaired) electrons. The summed E-state index contributed by atoms with van der Waals surface area (Å²) in [6.07, 6.45) is 3.23. The minimum atomic E-state index is -0.494. The second kappa shape index (κ2) is 5.72. The summed E-state index contributed by atoms with van der Waals surface area (Å²) in [4.78, 5) is 35.6. The zero-order chi connectivity index (χ0) is 17.4. The lowest BCUT2D eigenvalue weighted by molar-refractivity contribution is 0.0879. The zero-order valence-electron chi connectivity index (χ0n) is 12.9. The molecule has 2 heterocycles. The quantitative estimate of drug-likeness (QED) is 0.718. The van der Waals surface area contributed by atoms with Gasteiger partial charge in [-0.3, -0.25) is 19.7 Å². The number of fused-ring (bicyclic) bond motifs is 1. The number of imide groups is 1. The average Bonchev–Trinajstić information content (AvgIpc) is 3.20. The molecule has 0 unspecified atom stereocenters. The number of aromatic nitrogens is 2. The van der Waals surface area contributed by atoms with E-state index in [1.807, 2.05) is 30.3 Å². The fourth-order valence-corrected chi connectivity index (χ4v) is 2.62. The van der Waals surface area contributed by atoms with Crippen LogP contribution < -0.4 is 10.6 Å². The number of para-hydroxylation sites is 1. The first-order valence-electron chi connectivity index (χ1n) is 7.53. The van der Waals surface area contributed by atoms with Gasteiger partial charge in [0, 0.05) is 5.56 Å². The SMILES string of the molecule is O=C(Nc1cnn(-c2ccccc2)c1)c1ccc2c(c1)C(=O)NC2=O. The Bertz CT molecular complexity index is 1010. The minimum absolute atomic E-state index is 0.206.